The molecule has 0 N–H and O–H groups in total. The molecule has 1 aliphatic rings. The number of hydrogen-bond donors (Lipinski definition) is 0. The van der Waals surface area contributed by atoms with Crippen LogP contribution < -0.4 is 0 Å². The number of nitrogens with zero attached hydrogens (tertiary/aromatic N) is 1. The van der Waals surface area contributed by atoms with Gasteiger partial charge in [-0.05, 0) is 19.8 Å². The van der Waals surface area contributed by atoms with E-state index in [1.165, 1.54) is 6.26 Å². The molecule has 0 aromatic heterocycles. The lowest BCUT2D eigenvalue weighted by Gasteiger charge is -2.30. The minimum Gasteiger partial charge on any atom is -0.212 e. The highest BCUT2D eigenvalue weighted by Crippen LogP contribution is 2.18. The van der Waals surface area contributed by atoms with Gasteiger partial charge in [-0.25, -0.2) is 8.42 Å². The normalized spacial score (nSPS) is 28.7. The first-order valence-electron chi connectivity index (χ1n) is 3.98. The number of rotatable bonds is 1. The van der Waals surface area contributed by atoms with Crippen molar-refractivity contribution in [1.29, 1.82) is 0 Å². The molecule has 0 aliphatic carbocycles. The van der Waals surface area contributed by atoms with Gasteiger partial charge in [-0.3, -0.25) is 0 Å². The first-order valence-corrected chi connectivity index (χ1v) is 5.83. The van der Waals surface area contributed by atoms with Crippen LogP contribution in [0.4, 0.5) is 0 Å². The van der Waals surface area contributed by atoms with Gasteiger partial charge in [0.15, 0.2) is 0 Å². The fraction of sp³-hybridized carbons (Fsp3) is 1.00. The summed E-state index contributed by atoms with van der Waals surface area (Å²) in [6.07, 6.45) is 4.46. The number of hydrogen-bond acceptors (Lipinski definition) is 2. The van der Waals surface area contributed by atoms with E-state index in [4.69, 9.17) is 0 Å². The monoisotopic (exact) mass is 177 g/mol. The fourth-order valence-electron chi connectivity index (χ4n) is 1.56. The van der Waals surface area contributed by atoms with Crippen molar-refractivity contribution < 1.29 is 8.42 Å². The second kappa shape index (κ2) is 3.11. The van der Waals surface area contributed by atoms with E-state index in [9.17, 15) is 8.42 Å². The van der Waals surface area contributed by atoms with Gasteiger partial charge in [0, 0.05) is 12.6 Å². The van der Waals surface area contributed by atoms with Crippen LogP contribution in [0.15, 0.2) is 0 Å². The zero-order chi connectivity index (χ0) is 8.48. The first-order chi connectivity index (χ1) is 5.02. The van der Waals surface area contributed by atoms with E-state index in [0.717, 1.165) is 19.3 Å². The maximum Gasteiger partial charge on any atom is 0.211 e. The van der Waals surface area contributed by atoms with Crippen LogP contribution in [0.3, 0.4) is 0 Å². The van der Waals surface area contributed by atoms with E-state index in [0.29, 0.717) is 6.54 Å². The van der Waals surface area contributed by atoms with Crippen LogP contribution in [0.5, 0.6) is 0 Å². The largest absolute Gasteiger partial charge is 0.212 e. The predicted octanol–water partition coefficient (Wildman–Crippen LogP) is 0.820. The Morgan fingerprint density at radius 3 is 2.36 bits per heavy atom. The third-order valence-electron chi connectivity index (χ3n) is 2.17. The molecular formula is C7H15NO2S. The summed E-state index contributed by atoms with van der Waals surface area (Å²) in [6.45, 7) is 2.68. The van der Waals surface area contributed by atoms with Gasteiger partial charge in [0.2, 0.25) is 10.0 Å². The Balaban J connectivity index is 2.70. The summed E-state index contributed by atoms with van der Waals surface area (Å²) in [5, 5.41) is 0. The van der Waals surface area contributed by atoms with Crippen LogP contribution in [0, 0.1) is 0 Å². The highest BCUT2D eigenvalue weighted by molar-refractivity contribution is 7.88. The lowest BCUT2D eigenvalue weighted by atomic mass is 10.1. The van der Waals surface area contributed by atoms with Crippen LogP contribution in [-0.4, -0.2) is 31.6 Å². The van der Waals surface area contributed by atoms with Crippen molar-refractivity contribution in [3.05, 3.63) is 0 Å². The van der Waals surface area contributed by atoms with Crippen LogP contribution in [-0.2, 0) is 10.0 Å². The second-order valence-corrected chi connectivity index (χ2v) is 5.15. The average Bonchev–Trinajstić information content (AvgIpc) is 1.86. The van der Waals surface area contributed by atoms with Gasteiger partial charge in [-0.1, -0.05) is 6.42 Å². The maximum absolute atomic E-state index is 11.1. The minimum atomic E-state index is -2.94. The van der Waals surface area contributed by atoms with Crippen LogP contribution in [0.25, 0.3) is 0 Å². The molecule has 4 heteroatoms. The second-order valence-electron chi connectivity index (χ2n) is 3.22. The maximum atomic E-state index is 11.1. The summed E-state index contributed by atoms with van der Waals surface area (Å²) < 4.78 is 23.8. The van der Waals surface area contributed by atoms with Gasteiger partial charge in [-0.2, -0.15) is 4.31 Å². The van der Waals surface area contributed by atoms with Gasteiger partial charge in [0.05, 0.1) is 6.26 Å². The summed E-state index contributed by atoms with van der Waals surface area (Å²) >= 11 is 0. The fourth-order valence-corrected chi connectivity index (χ4v) is 2.78. The molecule has 0 unspecified atom stereocenters. The van der Waals surface area contributed by atoms with Crippen molar-refractivity contribution in [2.24, 2.45) is 0 Å². The molecule has 1 saturated heterocycles. The molecule has 1 aliphatic heterocycles. The number of sulfonamides is 1. The van der Waals surface area contributed by atoms with E-state index in [1.54, 1.807) is 4.31 Å². The molecule has 0 saturated carbocycles. The highest BCUT2D eigenvalue weighted by Gasteiger charge is 2.25. The van der Waals surface area contributed by atoms with Gasteiger partial charge < -0.3 is 0 Å². The smallest absolute Gasteiger partial charge is 0.211 e. The van der Waals surface area contributed by atoms with E-state index in [-0.39, 0.29) is 6.04 Å². The molecule has 1 rings (SSSR count). The standard InChI is InChI=1S/C7H15NO2S/c1-7-5-3-4-6-8(7)11(2,9)10/h7H,3-6H2,1-2H3/t7-/m1/s1. The molecule has 0 amide bonds. The minimum absolute atomic E-state index is 0.207. The van der Waals surface area contributed by atoms with Gasteiger partial charge >= 0.3 is 0 Å². The molecular weight excluding hydrogens is 162 g/mol. The summed E-state index contributed by atoms with van der Waals surface area (Å²) in [6, 6.07) is 0.207. The van der Waals surface area contributed by atoms with Gasteiger partial charge in [-0.15, -0.1) is 0 Å². The Labute approximate surface area is 68.4 Å². The molecule has 3 nitrogen and oxygen atoms in total. The lowest BCUT2D eigenvalue weighted by Crippen LogP contribution is -2.41. The van der Waals surface area contributed by atoms with Crippen molar-refractivity contribution in [2.45, 2.75) is 32.2 Å². The Hall–Kier alpha value is -0.0900. The summed E-state index contributed by atoms with van der Waals surface area (Å²) in [7, 11) is -2.94. The molecule has 1 heterocycles. The van der Waals surface area contributed by atoms with Crippen molar-refractivity contribution in [3.8, 4) is 0 Å². The van der Waals surface area contributed by atoms with Crippen molar-refractivity contribution in [1.82, 2.24) is 4.31 Å². The van der Waals surface area contributed by atoms with Crippen molar-refractivity contribution in [2.75, 3.05) is 12.8 Å². The summed E-state index contributed by atoms with van der Waals surface area (Å²) in [5.74, 6) is 0. The zero-order valence-electron chi connectivity index (χ0n) is 7.08. The SMILES string of the molecule is C[C@@H]1CCCCN1S(C)(=O)=O. The lowest BCUT2D eigenvalue weighted by molar-refractivity contribution is 0.270. The van der Waals surface area contributed by atoms with E-state index in [2.05, 4.69) is 0 Å². The molecule has 1 fully saturated rings. The van der Waals surface area contributed by atoms with E-state index < -0.39 is 10.0 Å². The summed E-state index contributed by atoms with van der Waals surface area (Å²) in [4.78, 5) is 0. The van der Waals surface area contributed by atoms with Gasteiger partial charge in [0.25, 0.3) is 0 Å². The average molecular weight is 177 g/mol. The third-order valence-corrected chi connectivity index (χ3v) is 3.56. The Morgan fingerprint density at radius 1 is 1.36 bits per heavy atom. The summed E-state index contributed by atoms with van der Waals surface area (Å²) in [5.41, 5.74) is 0. The number of piperidine rings is 1. The van der Waals surface area contributed by atoms with E-state index >= 15 is 0 Å². The molecule has 0 bridgehead atoms. The Kier molecular flexibility index (Phi) is 2.54. The van der Waals surface area contributed by atoms with Crippen LogP contribution in [0.1, 0.15) is 26.2 Å². The Bertz CT molecular complexity index is 223. The van der Waals surface area contributed by atoms with Crippen LogP contribution in [0.2, 0.25) is 0 Å². The Morgan fingerprint density at radius 2 is 2.00 bits per heavy atom. The van der Waals surface area contributed by atoms with Crippen molar-refractivity contribution in [3.63, 3.8) is 0 Å². The quantitative estimate of drug-likeness (QED) is 0.594. The van der Waals surface area contributed by atoms with Gasteiger partial charge in [0.1, 0.15) is 0 Å². The molecule has 1 atom stereocenters. The van der Waals surface area contributed by atoms with E-state index in [1.807, 2.05) is 6.92 Å². The third kappa shape index (κ3) is 2.17. The van der Waals surface area contributed by atoms with Crippen LogP contribution >= 0.6 is 0 Å². The zero-order valence-corrected chi connectivity index (χ0v) is 7.89. The topological polar surface area (TPSA) is 37.4 Å². The molecule has 0 aromatic carbocycles. The molecule has 66 valence electrons. The van der Waals surface area contributed by atoms with Crippen molar-refractivity contribution >= 4 is 10.0 Å². The molecule has 0 spiro atoms. The predicted molar refractivity (Wildman–Crippen MR) is 44.9 cm³/mol. The first kappa shape index (κ1) is 9.00. The molecule has 0 aromatic rings. The molecule has 11 heavy (non-hydrogen) atoms. The molecule has 0 radical (unpaired) electrons. The highest BCUT2D eigenvalue weighted by atomic mass is 32.2.